The first kappa shape index (κ1) is 14.0. The van der Waals surface area contributed by atoms with E-state index in [2.05, 4.69) is 4.72 Å². The second kappa shape index (κ2) is 5.27. The number of allylic oxidation sites excluding steroid dienone is 1. The topological polar surface area (TPSA) is 63.2 Å². The summed E-state index contributed by atoms with van der Waals surface area (Å²) in [7, 11) is -3.50. The third-order valence-electron chi connectivity index (χ3n) is 3.44. The SMILES string of the molecule is Cc1ccc(S(=O)(=O)NCC2C=CC(=O)C2C)cc1. The Morgan fingerprint density at radius 2 is 1.84 bits per heavy atom. The molecule has 19 heavy (non-hydrogen) atoms. The van der Waals surface area contributed by atoms with Gasteiger partial charge in [-0.25, -0.2) is 13.1 Å². The molecule has 1 aliphatic carbocycles. The molecule has 1 aromatic carbocycles. The lowest BCUT2D eigenvalue weighted by atomic mass is 9.97. The van der Waals surface area contributed by atoms with Crippen LogP contribution in [0.3, 0.4) is 0 Å². The van der Waals surface area contributed by atoms with Crippen molar-refractivity contribution in [2.45, 2.75) is 18.7 Å². The zero-order chi connectivity index (χ0) is 14.0. The minimum atomic E-state index is -3.50. The molecule has 0 saturated carbocycles. The van der Waals surface area contributed by atoms with Crippen LogP contribution in [0.5, 0.6) is 0 Å². The van der Waals surface area contributed by atoms with Gasteiger partial charge in [-0.2, -0.15) is 0 Å². The van der Waals surface area contributed by atoms with Crippen LogP contribution in [-0.2, 0) is 14.8 Å². The van der Waals surface area contributed by atoms with Gasteiger partial charge in [-0.15, -0.1) is 0 Å². The normalized spacial score (nSPS) is 22.9. The molecule has 0 spiro atoms. The van der Waals surface area contributed by atoms with E-state index in [1.165, 1.54) is 6.08 Å². The molecule has 0 bridgehead atoms. The third kappa shape index (κ3) is 3.11. The van der Waals surface area contributed by atoms with Gasteiger partial charge in [-0.05, 0) is 25.1 Å². The summed E-state index contributed by atoms with van der Waals surface area (Å²) in [6.07, 6.45) is 3.29. The molecule has 0 saturated heterocycles. The molecule has 0 fully saturated rings. The number of aryl methyl sites for hydroxylation is 1. The molecule has 102 valence electrons. The maximum Gasteiger partial charge on any atom is 0.240 e. The number of hydrogen-bond acceptors (Lipinski definition) is 3. The minimum absolute atomic E-state index is 0.0551. The number of nitrogens with one attached hydrogen (secondary N) is 1. The molecule has 0 heterocycles. The Hall–Kier alpha value is -1.46. The van der Waals surface area contributed by atoms with Crippen LogP contribution in [0.2, 0.25) is 0 Å². The highest BCUT2D eigenvalue weighted by Gasteiger charge is 2.27. The maximum atomic E-state index is 12.1. The molecule has 0 amide bonds. The number of rotatable bonds is 4. The summed E-state index contributed by atoms with van der Waals surface area (Å²) in [6.45, 7) is 3.97. The highest BCUT2D eigenvalue weighted by atomic mass is 32.2. The Bertz CT molecular complexity index is 602. The van der Waals surface area contributed by atoms with Gasteiger partial charge in [0, 0.05) is 18.4 Å². The second-order valence-electron chi connectivity index (χ2n) is 4.88. The lowest BCUT2D eigenvalue weighted by molar-refractivity contribution is -0.117. The largest absolute Gasteiger partial charge is 0.295 e. The Morgan fingerprint density at radius 3 is 2.37 bits per heavy atom. The summed E-state index contributed by atoms with van der Waals surface area (Å²) in [5.41, 5.74) is 1.01. The first-order valence-electron chi connectivity index (χ1n) is 6.18. The number of sulfonamides is 1. The average Bonchev–Trinajstić information content (AvgIpc) is 2.68. The smallest absolute Gasteiger partial charge is 0.240 e. The van der Waals surface area contributed by atoms with E-state index in [0.29, 0.717) is 0 Å². The molecule has 0 radical (unpaired) electrons. The first-order valence-corrected chi connectivity index (χ1v) is 7.67. The Morgan fingerprint density at radius 1 is 1.21 bits per heavy atom. The van der Waals surface area contributed by atoms with Gasteiger partial charge in [0.2, 0.25) is 10.0 Å². The van der Waals surface area contributed by atoms with Crippen LogP contribution in [0.25, 0.3) is 0 Å². The van der Waals surface area contributed by atoms with Gasteiger partial charge in [0.25, 0.3) is 0 Å². The fourth-order valence-electron chi connectivity index (χ4n) is 2.00. The van der Waals surface area contributed by atoms with Gasteiger partial charge in [-0.3, -0.25) is 4.79 Å². The van der Waals surface area contributed by atoms with E-state index < -0.39 is 10.0 Å². The van der Waals surface area contributed by atoms with E-state index in [9.17, 15) is 13.2 Å². The molecule has 0 aliphatic heterocycles. The molecule has 2 atom stereocenters. The lowest BCUT2D eigenvalue weighted by Gasteiger charge is -2.14. The van der Waals surface area contributed by atoms with Crippen molar-refractivity contribution in [1.29, 1.82) is 0 Å². The fourth-order valence-corrected chi connectivity index (χ4v) is 3.07. The Kier molecular flexibility index (Phi) is 3.87. The van der Waals surface area contributed by atoms with E-state index in [1.807, 2.05) is 13.8 Å². The van der Waals surface area contributed by atoms with Crippen LogP contribution in [0.15, 0.2) is 41.3 Å². The average molecular weight is 279 g/mol. The van der Waals surface area contributed by atoms with E-state index in [-0.39, 0.29) is 29.1 Å². The van der Waals surface area contributed by atoms with Crippen molar-refractivity contribution in [3.63, 3.8) is 0 Å². The van der Waals surface area contributed by atoms with Gasteiger partial charge in [0.1, 0.15) is 0 Å². The van der Waals surface area contributed by atoms with Crippen molar-refractivity contribution in [1.82, 2.24) is 4.72 Å². The second-order valence-corrected chi connectivity index (χ2v) is 6.65. The number of hydrogen-bond donors (Lipinski definition) is 1. The predicted octanol–water partition coefficient (Wildman–Crippen LogP) is 1.66. The van der Waals surface area contributed by atoms with Crippen molar-refractivity contribution in [2.75, 3.05) is 6.54 Å². The zero-order valence-corrected chi connectivity index (χ0v) is 11.8. The third-order valence-corrected chi connectivity index (χ3v) is 4.88. The van der Waals surface area contributed by atoms with E-state index >= 15 is 0 Å². The van der Waals surface area contributed by atoms with E-state index in [0.717, 1.165) is 5.56 Å². The van der Waals surface area contributed by atoms with Gasteiger partial charge >= 0.3 is 0 Å². The Balaban J connectivity index is 2.04. The zero-order valence-electron chi connectivity index (χ0n) is 11.0. The van der Waals surface area contributed by atoms with Gasteiger partial charge in [0.15, 0.2) is 5.78 Å². The fraction of sp³-hybridized carbons (Fsp3) is 0.357. The van der Waals surface area contributed by atoms with E-state index in [1.54, 1.807) is 30.3 Å². The van der Waals surface area contributed by atoms with Crippen molar-refractivity contribution in [2.24, 2.45) is 11.8 Å². The van der Waals surface area contributed by atoms with Crippen LogP contribution in [0, 0.1) is 18.8 Å². The minimum Gasteiger partial charge on any atom is -0.295 e. The van der Waals surface area contributed by atoms with Crippen LogP contribution in [0.1, 0.15) is 12.5 Å². The maximum absolute atomic E-state index is 12.1. The molecule has 2 unspecified atom stereocenters. The molecule has 0 aromatic heterocycles. The molecular formula is C14H17NO3S. The molecule has 2 rings (SSSR count). The van der Waals surface area contributed by atoms with Crippen LogP contribution in [0.4, 0.5) is 0 Å². The predicted molar refractivity (Wildman–Crippen MR) is 73.2 cm³/mol. The summed E-state index contributed by atoms with van der Waals surface area (Å²) >= 11 is 0. The first-order chi connectivity index (χ1) is 8.90. The summed E-state index contributed by atoms with van der Waals surface area (Å²) in [6, 6.07) is 6.68. The van der Waals surface area contributed by atoms with Crippen LogP contribution >= 0.6 is 0 Å². The summed E-state index contributed by atoms with van der Waals surface area (Å²) in [4.78, 5) is 11.6. The summed E-state index contributed by atoms with van der Waals surface area (Å²) < 4.78 is 26.7. The highest BCUT2D eigenvalue weighted by Crippen LogP contribution is 2.21. The standard InChI is InChI=1S/C14H17NO3S/c1-10-3-6-13(7-4-10)19(17,18)15-9-12-5-8-14(16)11(12)2/h3-8,11-12,15H,9H2,1-2H3. The lowest BCUT2D eigenvalue weighted by Crippen LogP contribution is -2.31. The molecular weight excluding hydrogens is 262 g/mol. The molecule has 1 N–H and O–H groups in total. The molecule has 4 nitrogen and oxygen atoms in total. The van der Waals surface area contributed by atoms with Crippen LogP contribution < -0.4 is 4.72 Å². The number of benzene rings is 1. The van der Waals surface area contributed by atoms with Crippen molar-refractivity contribution < 1.29 is 13.2 Å². The number of carbonyl (C=O) groups is 1. The van der Waals surface area contributed by atoms with Crippen molar-refractivity contribution in [3.8, 4) is 0 Å². The number of carbonyl (C=O) groups excluding carboxylic acids is 1. The van der Waals surface area contributed by atoms with Gasteiger partial charge in [-0.1, -0.05) is 30.7 Å². The van der Waals surface area contributed by atoms with Gasteiger partial charge in [0.05, 0.1) is 4.90 Å². The quantitative estimate of drug-likeness (QED) is 0.911. The Labute approximate surface area is 113 Å². The number of ketones is 1. The van der Waals surface area contributed by atoms with Crippen LogP contribution in [-0.4, -0.2) is 20.7 Å². The summed E-state index contributed by atoms with van der Waals surface area (Å²) in [5, 5.41) is 0. The van der Waals surface area contributed by atoms with Gasteiger partial charge < -0.3 is 0 Å². The molecule has 5 heteroatoms. The highest BCUT2D eigenvalue weighted by molar-refractivity contribution is 7.89. The summed E-state index contributed by atoms with van der Waals surface area (Å²) in [5.74, 6) is -0.159. The van der Waals surface area contributed by atoms with Crippen molar-refractivity contribution in [3.05, 3.63) is 42.0 Å². The molecule has 1 aromatic rings. The van der Waals surface area contributed by atoms with Crippen molar-refractivity contribution >= 4 is 15.8 Å². The van der Waals surface area contributed by atoms with E-state index in [4.69, 9.17) is 0 Å². The molecule has 1 aliphatic rings. The monoisotopic (exact) mass is 279 g/mol.